The van der Waals surface area contributed by atoms with Crippen LogP contribution in [0.15, 0.2) is 53.4 Å². The van der Waals surface area contributed by atoms with E-state index in [1.165, 1.54) is 23.4 Å². The Morgan fingerprint density at radius 1 is 1.08 bits per heavy atom. The molecular weight excluding hydrogens is 356 g/mol. The first-order chi connectivity index (χ1) is 11.9. The first-order valence-electron chi connectivity index (χ1n) is 7.66. The monoisotopic (exact) mass is 374 g/mol. The lowest BCUT2D eigenvalue weighted by Crippen LogP contribution is -2.41. The van der Waals surface area contributed by atoms with Gasteiger partial charge in [0.1, 0.15) is 0 Å². The van der Waals surface area contributed by atoms with E-state index in [1.54, 1.807) is 12.1 Å². The summed E-state index contributed by atoms with van der Waals surface area (Å²) < 4.78 is 0. The summed E-state index contributed by atoms with van der Waals surface area (Å²) in [5, 5.41) is 0.643. The van der Waals surface area contributed by atoms with Crippen molar-refractivity contribution in [3.63, 3.8) is 0 Å². The molecule has 0 saturated heterocycles. The minimum Gasteiger partial charge on any atom is -0.272 e. The fourth-order valence-electron chi connectivity index (χ4n) is 1.88. The Morgan fingerprint density at radius 2 is 1.80 bits per heavy atom. The lowest BCUT2D eigenvalue weighted by Gasteiger charge is -2.05. The van der Waals surface area contributed by atoms with Crippen molar-refractivity contribution in [2.24, 2.45) is 0 Å². The van der Waals surface area contributed by atoms with Crippen LogP contribution in [0.4, 0.5) is 0 Å². The van der Waals surface area contributed by atoms with Crippen molar-refractivity contribution in [2.75, 3.05) is 5.75 Å². The van der Waals surface area contributed by atoms with Gasteiger partial charge in [0.15, 0.2) is 0 Å². The van der Waals surface area contributed by atoms with Crippen LogP contribution in [0.3, 0.4) is 0 Å². The Balaban J connectivity index is 1.75. The maximum Gasteiger partial charge on any atom is 0.262 e. The molecule has 0 saturated carbocycles. The summed E-state index contributed by atoms with van der Waals surface area (Å²) in [6, 6.07) is 13.4. The molecule has 0 aliphatic carbocycles. The second kappa shape index (κ2) is 9.30. The lowest BCUT2D eigenvalue weighted by atomic mass is 10.1. The highest BCUT2D eigenvalue weighted by molar-refractivity contribution is 8.00. The van der Waals surface area contributed by atoms with E-state index < -0.39 is 5.91 Å². The van der Waals surface area contributed by atoms with Crippen molar-refractivity contribution in [3.05, 3.63) is 70.3 Å². The van der Waals surface area contributed by atoms with Crippen LogP contribution < -0.4 is 10.9 Å². The van der Waals surface area contributed by atoms with Gasteiger partial charge in [-0.2, -0.15) is 0 Å². The topological polar surface area (TPSA) is 58.2 Å². The van der Waals surface area contributed by atoms with Crippen LogP contribution in [-0.2, 0) is 9.59 Å². The second-order valence-corrected chi connectivity index (χ2v) is 6.94. The normalized spacial score (nSPS) is 10.7. The summed E-state index contributed by atoms with van der Waals surface area (Å²) in [7, 11) is 0. The molecule has 0 spiro atoms. The molecule has 130 valence electrons. The Labute approximate surface area is 156 Å². The number of aryl methyl sites for hydroxylation is 2. The molecule has 6 heteroatoms. The van der Waals surface area contributed by atoms with Gasteiger partial charge in [-0.05, 0) is 49.2 Å². The average Bonchev–Trinajstić information content (AvgIpc) is 2.60. The number of hydrogen-bond acceptors (Lipinski definition) is 3. The summed E-state index contributed by atoms with van der Waals surface area (Å²) in [6.45, 7) is 3.92. The molecule has 2 amide bonds. The molecule has 0 radical (unpaired) electrons. The molecule has 2 rings (SSSR count). The zero-order chi connectivity index (χ0) is 18.2. The molecule has 0 heterocycles. The fraction of sp³-hybridized carbons (Fsp3) is 0.158. The molecule has 2 aromatic carbocycles. The van der Waals surface area contributed by atoms with Crippen LogP contribution in [0.2, 0.25) is 5.02 Å². The van der Waals surface area contributed by atoms with Crippen LogP contribution in [-0.4, -0.2) is 17.6 Å². The maximum atomic E-state index is 11.8. The SMILES string of the molecule is Cc1ccc(SCC(=O)NNC(=O)/C=C/c2ccc(C)c(Cl)c2)cc1. The predicted octanol–water partition coefficient (Wildman–Crippen LogP) is 3.91. The summed E-state index contributed by atoms with van der Waals surface area (Å²) in [5.41, 5.74) is 7.69. The van der Waals surface area contributed by atoms with E-state index in [-0.39, 0.29) is 11.7 Å². The van der Waals surface area contributed by atoms with Crippen LogP contribution in [0.5, 0.6) is 0 Å². The number of thioether (sulfide) groups is 1. The van der Waals surface area contributed by atoms with Gasteiger partial charge in [-0.3, -0.25) is 20.4 Å². The number of carbonyl (C=O) groups is 2. The largest absolute Gasteiger partial charge is 0.272 e. The van der Waals surface area contributed by atoms with Crippen molar-refractivity contribution < 1.29 is 9.59 Å². The first kappa shape index (κ1) is 19.1. The smallest absolute Gasteiger partial charge is 0.262 e. The van der Waals surface area contributed by atoms with Crippen LogP contribution in [0, 0.1) is 13.8 Å². The van der Waals surface area contributed by atoms with Crippen molar-refractivity contribution in [1.82, 2.24) is 10.9 Å². The van der Waals surface area contributed by atoms with Gasteiger partial charge >= 0.3 is 0 Å². The van der Waals surface area contributed by atoms with Gasteiger partial charge in [-0.15, -0.1) is 11.8 Å². The Kier molecular flexibility index (Phi) is 7.10. The Bertz CT molecular complexity index is 789. The molecule has 0 aromatic heterocycles. The fourth-order valence-corrected chi connectivity index (χ4v) is 2.76. The first-order valence-corrected chi connectivity index (χ1v) is 9.03. The third-order valence-corrected chi connectivity index (χ3v) is 4.76. The number of hydrazine groups is 1. The highest BCUT2D eigenvalue weighted by atomic mass is 35.5. The minimum absolute atomic E-state index is 0.223. The summed E-state index contributed by atoms with van der Waals surface area (Å²) in [6.07, 6.45) is 2.97. The van der Waals surface area contributed by atoms with E-state index in [9.17, 15) is 9.59 Å². The molecule has 0 atom stereocenters. The molecule has 0 aliphatic rings. The lowest BCUT2D eigenvalue weighted by molar-refractivity contribution is -0.125. The van der Waals surface area contributed by atoms with E-state index in [2.05, 4.69) is 10.9 Å². The third kappa shape index (κ3) is 6.64. The van der Waals surface area contributed by atoms with E-state index in [4.69, 9.17) is 11.6 Å². The molecule has 0 fully saturated rings. The van der Waals surface area contributed by atoms with Crippen molar-refractivity contribution in [3.8, 4) is 0 Å². The number of halogens is 1. The summed E-state index contributed by atoms with van der Waals surface area (Å²) >= 11 is 7.44. The van der Waals surface area contributed by atoms with E-state index >= 15 is 0 Å². The quantitative estimate of drug-likeness (QED) is 0.474. The van der Waals surface area contributed by atoms with Crippen LogP contribution in [0.1, 0.15) is 16.7 Å². The summed E-state index contributed by atoms with van der Waals surface area (Å²) in [4.78, 5) is 24.5. The van der Waals surface area contributed by atoms with Crippen LogP contribution in [0.25, 0.3) is 6.08 Å². The van der Waals surface area contributed by atoms with Crippen molar-refractivity contribution in [2.45, 2.75) is 18.7 Å². The zero-order valence-electron chi connectivity index (χ0n) is 14.0. The zero-order valence-corrected chi connectivity index (χ0v) is 15.6. The number of benzene rings is 2. The standard InChI is InChI=1S/C19H19ClN2O2S/c1-13-3-8-16(9-4-13)25-12-19(24)22-21-18(23)10-7-15-6-5-14(2)17(20)11-15/h3-11H,12H2,1-2H3,(H,21,23)(H,22,24)/b10-7+. The number of hydrogen-bond donors (Lipinski definition) is 2. The van der Waals surface area contributed by atoms with Crippen molar-refractivity contribution in [1.29, 1.82) is 0 Å². The molecule has 25 heavy (non-hydrogen) atoms. The van der Waals surface area contributed by atoms with E-state index in [0.717, 1.165) is 16.0 Å². The van der Waals surface area contributed by atoms with E-state index in [0.29, 0.717) is 5.02 Å². The molecule has 2 N–H and O–H groups in total. The molecule has 0 unspecified atom stereocenters. The highest BCUT2D eigenvalue weighted by Gasteiger charge is 2.04. The maximum absolute atomic E-state index is 11.8. The molecule has 0 aliphatic heterocycles. The minimum atomic E-state index is -0.412. The van der Waals surface area contributed by atoms with Gasteiger partial charge < -0.3 is 0 Å². The van der Waals surface area contributed by atoms with Gasteiger partial charge in [0.05, 0.1) is 5.75 Å². The number of carbonyl (C=O) groups excluding carboxylic acids is 2. The molecular formula is C19H19ClN2O2S. The average molecular weight is 375 g/mol. The number of amides is 2. The Hall–Kier alpha value is -2.24. The second-order valence-electron chi connectivity index (χ2n) is 5.48. The van der Waals surface area contributed by atoms with E-state index in [1.807, 2.05) is 50.2 Å². The number of nitrogens with one attached hydrogen (secondary N) is 2. The van der Waals surface area contributed by atoms with Crippen LogP contribution >= 0.6 is 23.4 Å². The van der Waals surface area contributed by atoms with Gasteiger partial charge in [0.2, 0.25) is 5.91 Å². The van der Waals surface area contributed by atoms with Gasteiger partial charge in [0.25, 0.3) is 5.91 Å². The van der Waals surface area contributed by atoms with Crippen molar-refractivity contribution >= 4 is 41.3 Å². The van der Waals surface area contributed by atoms with Gasteiger partial charge in [-0.25, -0.2) is 0 Å². The summed E-state index contributed by atoms with van der Waals surface area (Å²) in [5.74, 6) is -0.461. The number of rotatable bonds is 5. The predicted molar refractivity (Wildman–Crippen MR) is 103 cm³/mol. The van der Waals surface area contributed by atoms with Gasteiger partial charge in [-0.1, -0.05) is 41.4 Å². The molecule has 0 bridgehead atoms. The Morgan fingerprint density at radius 3 is 2.48 bits per heavy atom. The highest BCUT2D eigenvalue weighted by Crippen LogP contribution is 2.18. The third-order valence-electron chi connectivity index (χ3n) is 3.34. The van der Waals surface area contributed by atoms with Gasteiger partial charge in [0, 0.05) is 16.0 Å². The molecule has 4 nitrogen and oxygen atoms in total. The molecule has 2 aromatic rings.